The molecule has 0 N–H and O–H groups in total. The third-order valence-corrected chi connectivity index (χ3v) is 11.6. The van der Waals surface area contributed by atoms with Crippen molar-refractivity contribution in [2.24, 2.45) is 0 Å². The number of benzene rings is 10. The molecule has 1 heterocycles. The van der Waals surface area contributed by atoms with Crippen molar-refractivity contribution in [3.05, 3.63) is 231 Å². The Balaban J connectivity index is 1.02. The van der Waals surface area contributed by atoms with Gasteiger partial charge in [-0.2, -0.15) is 0 Å². The molecule has 0 amide bonds. The van der Waals surface area contributed by atoms with Gasteiger partial charge in [0.15, 0.2) is 0 Å². The summed E-state index contributed by atoms with van der Waals surface area (Å²) in [6.07, 6.45) is 0. The van der Waals surface area contributed by atoms with Gasteiger partial charge in [0, 0.05) is 33.5 Å². The van der Waals surface area contributed by atoms with Crippen LogP contribution < -0.4 is 4.90 Å². The lowest BCUT2D eigenvalue weighted by molar-refractivity contribution is 1.17. The lowest BCUT2D eigenvalue weighted by Crippen LogP contribution is -2.10. The van der Waals surface area contributed by atoms with Crippen molar-refractivity contribution in [1.29, 1.82) is 0 Å². The highest BCUT2D eigenvalue weighted by Gasteiger charge is 2.17. The van der Waals surface area contributed by atoms with Gasteiger partial charge in [0.2, 0.25) is 0 Å². The van der Waals surface area contributed by atoms with Crippen LogP contribution in [0.5, 0.6) is 0 Å². The Morgan fingerprint density at radius 2 is 0.707 bits per heavy atom. The van der Waals surface area contributed by atoms with E-state index in [4.69, 9.17) is 0 Å². The lowest BCUT2D eigenvalue weighted by atomic mass is 9.92. The highest BCUT2D eigenvalue weighted by Crippen LogP contribution is 2.41. The maximum atomic E-state index is 2.38. The molecule has 0 unspecified atom stereocenters. The second kappa shape index (κ2) is 14.1. The second-order valence-electron chi connectivity index (χ2n) is 15.0. The van der Waals surface area contributed by atoms with Crippen molar-refractivity contribution in [2.75, 3.05) is 4.90 Å². The maximum Gasteiger partial charge on any atom is 0.0541 e. The molecule has 10 aromatic carbocycles. The number of fused-ring (bicyclic) bond motifs is 5. The largest absolute Gasteiger partial charge is 0.310 e. The van der Waals surface area contributed by atoms with Gasteiger partial charge in [-0.05, 0) is 122 Å². The Kier molecular flexibility index (Phi) is 8.19. The molecule has 0 aliphatic rings. The van der Waals surface area contributed by atoms with Gasteiger partial charge in [0.25, 0.3) is 0 Å². The lowest BCUT2D eigenvalue weighted by Gasteiger charge is -2.26. The Bertz CT molecular complexity index is 3200. The van der Waals surface area contributed by atoms with Crippen LogP contribution >= 0.6 is 0 Å². The zero-order chi connectivity index (χ0) is 38.4. The molecule has 2 heteroatoms. The minimum Gasteiger partial charge on any atom is -0.310 e. The molecule has 11 rings (SSSR count). The van der Waals surface area contributed by atoms with E-state index >= 15 is 0 Å². The predicted molar refractivity (Wildman–Crippen MR) is 247 cm³/mol. The number of hydrogen-bond acceptors (Lipinski definition) is 1. The van der Waals surface area contributed by atoms with E-state index in [9.17, 15) is 0 Å². The predicted octanol–water partition coefficient (Wildman–Crippen LogP) is 15.6. The number of anilines is 3. The van der Waals surface area contributed by atoms with Gasteiger partial charge in [-0.25, -0.2) is 0 Å². The maximum absolute atomic E-state index is 2.38. The van der Waals surface area contributed by atoms with E-state index in [1.807, 2.05) is 0 Å². The van der Waals surface area contributed by atoms with Gasteiger partial charge >= 0.3 is 0 Å². The summed E-state index contributed by atoms with van der Waals surface area (Å²) < 4.78 is 2.38. The van der Waals surface area contributed by atoms with Crippen LogP contribution in [-0.4, -0.2) is 4.57 Å². The summed E-state index contributed by atoms with van der Waals surface area (Å²) in [5.41, 5.74) is 14.2. The van der Waals surface area contributed by atoms with E-state index in [1.54, 1.807) is 0 Å². The summed E-state index contributed by atoms with van der Waals surface area (Å²) in [7, 11) is 0. The SMILES string of the molecule is c1ccc(-c2ccc3cc(N(c4ccc(-c5ccc(-c6ccccc6)c6ccccc56)cc4)c4ccc(-n5c6ccccc6c6ccccc65)cc4)ccc3c2)cc1. The van der Waals surface area contributed by atoms with E-state index in [0.717, 1.165) is 22.7 Å². The number of para-hydroxylation sites is 2. The third kappa shape index (κ3) is 5.82. The van der Waals surface area contributed by atoms with Crippen LogP contribution in [0.25, 0.3) is 82.4 Å². The molecule has 0 fully saturated rings. The second-order valence-corrected chi connectivity index (χ2v) is 15.0. The summed E-state index contributed by atoms with van der Waals surface area (Å²) >= 11 is 0. The molecular formula is C56H38N2. The topological polar surface area (TPSA) is 8.17 Å². The molecule has 0 aliphatic heterocycles. The molecule has 11 aromatic rings. The van der Waals surface area contributed by atoms with Crippen molar-refractivity contribution in [1.82, 2.24) is 4.57 Å². The highest BCUT2D eigenvalue weighted by atomic mass is 15.1. The summed E-state index contributed by atoms with van der Waals surface area (Å²) in [6.45, 7) is 0. The molecule has 0 aliphatic carbocycles. The fourth-order valence-electron chi connectivity index (χ4n) is 8.79. The average Bonchev–Trinajstić information content (AvgIpc) is 3.64. The van der Waals surface area contributed by atoms with Gasteiger partial charge in [0.1, 0.15) is 0 Å². The Labute approximate surface area is 338 Å². The quantitative estimate of drug-likeness (QED) is 0.158. The molecule has 58 heavy (non-hydrogen) atoms. The molecule has 0 saturated heterocycles. The zero-order valence-corrected chi connectivity index (χ0v) is 31.8. The first-order valence-electron chi connectivity index (χ1n) is 19.9. The van der Waals surface area contributed by atoms with Crippen molar-refractivity contribution < 1.29 is 0 Å². The average molecular weight is 739 g/mol. The van der Waals surface area contributed by atoms with Crippen LogP contribution in [0, 0.1) is 0 Å². The number of nitrogens with zero attached hydrogens (tertiary/aromatic N) is 2. The Morgan fingerprint density at radius 3 is 1.31 bits per heavy atom. The molecule has 0 saturated carbocycles. The molecule has 1 aromatic heterocycles. The molecule has 0 spiro atoms. The van der Waals surface area contributed by atoms with E-state index in [1.165, 1.54) is 76.7 Å². The van der Waals surface area contributed by atoms with Crippen molar-refractivity contribution >= 4 is 60.4 Å². The van der Waals surface area contributed by atoms with E-state index in [2.05, 4.69) is 240 Å². The van der Waals surface area contributed by atoms with Gasteiger partial charge < -0.3 is 9.47 Å². The summed E-state index contributed by atoms with van der Waals surface area (Å²) in [5, 5.41) is 7.44. The smallest absolute Gasteiger partial charge is 0.0541 e. The third-order valence-electron chi connectivity index (χ3n) is 11.6. The Hall–Kier alpha value is -7.68. The molecular weight excluding hydrogens is 701 g/mol. The first kappa shape index (κ1) is 33.6. The minimum absolute atomic E-state index is 1.09. The van der Waals surface area contributed by atoms with Gasteiger partial charge in [-0.3, -0.25) is 0 Å². The summed E-state index contributed by atoms with van der Waals surface area (Å²) in [6, 6.07) is 83.6. The minimum atomic E-state index is 1.09. The van der Waals surface area contributed by atoms with Crippen LogP contribution in [0.3, 0.4) is 0 Å². The van der Waals surface area contributed by atoms with Gasteiger partial charge in [-0.15, -0.1) is 0 Å². The van der Waals surface area contributed by atoms with Gasteiger partial charge in [0.05, 0.1) is 11.0 Å². The summed E-state index contributed by atoms with van der Waals surface area (Å²) in [5.74, 6) is 0. The van der Waals surface area contributed by atoms with E-state index in [0.29, 0.717) is 0 Å². The first-order valence-corrected chi connectivity index (χ1v) is 19.9. The molecule has 272 valence electrons. The van der Waals surface area contributed by atoms with Crippen LogP contribution in [0.15, 0.2) is 231 Å². The first-order chi connectivity index (χ1) is 28.8. The fourth-order valence-corrected chi connectivity index (χ4v) is 8.79. The fraction of sp³-hybridized carbons (Fsp3) is 0. The summed E-state index contributed by atoms with van der Waals surface area (Å²) in [4.78, 5) is 2.38. The van der Waals surface area contributed by atoms with Crippen LogP contribution in [0.1, 0.15) is 0 Å². The van der Waals surface area contributed by atoms with Crippen LogP contribution in [0.4, 0.5) is 17.1 Å². The molecule has 0 atom stereocenters. The normalized spacial score (nSPS) is 11.4. The monoisotopic (exact) mass is 738 g/mol. The van der Waals surface area contributed by atoms with E-state index < -0.39 is 0 Å². The molecule has 0 bridgehead atoms. The molecule has 2 nitrogen and oxygen atoms in total. The van der Waals surface area contributed by atoms with Crippen LogP contribution in [0.2, 0.25) is 0 Å². The standard InChI is InChI=1S/C56H38N2/c1-3-13-39(14-4-1)42-23-24-44-38-48(30-27-43(44)37-42)57(46-31-33-47(34-32-46)58-55-21-11-9-19-53(55)54-20-10-12-22-56(54)58)45-28-25-41(26-29-45)50-36-35-49(40-15-5-2-6-16-40)51-17-7-8-18-52(50)51/h1-38H. The van der Waals surface area contributed by atoms with Crippen molar-refractivity contribution in [3.8, 4) is 39.1 Å². The number of rotatable bonds is 7. The van der Waals surface area contributed by atoms with Crippen molar-refractivity contribution in [2.45, 2.75) is 0 Å². The van der Waals surface area contributed by atoms with Crippen molar-refractivity contribution in [3.63, 3.8) is 0 Å². The number of hydrogen-bond donors (Lipinski definition) is 0. The highest BCUT2D eigenvalue weighted by molar-refractivity contribution is 6.09. The van der Waals surface area contributed by atoms with Gasteiger partial charge in [-0.1, -0.05) is 164 Å². The van der Waals surface area contributed by atoms with Crippen LogP contribution in [-0.2, 0) is 0 Å². The zero-order valence-electron chi connectivity index (χ0n) is 31.8. The Morgan fingerprint density at radius 1 is 0.276 bits per heavy atom. The molecule has 0 radical (unpaired) electrons. The number of aromatic nitrogens is 1. The van der Waals surface area contributed by atoms with E-state index in [-0.39, 0.29) is 0 Å².